The molecule has 0 aromatic carbocycles. The lowest BCUT2D eigenvalue weighted by Crippen LogP contribution is -2.37. The highest BCUT2D eigenvalue weighted by atomic mass is 16.4. The number of rotatable bonds is 3. The van der Waals surface area contributed by atoms with E-state index < -0.39 is 5.97 Å². The second kappa shape index (κ2) is 4.53. The third-order valence-electron chi connectivity index (χ3n) is 3.61. The second-order valence-corrected chi connectivity index (χ2v) is 4.78. The van der Waals surface area contributed by atoms with Crippen LogP contribution in [0.4, 0.5) is 0 Å². The van der Waals surface area contributed by atoms with Crippen LogP contribution < -0.4 is 0 Å². The van der Waals surface area contributed by atoms with Crippen LogP contribution in [-0.2, 0) is 4.79 Å². The Bertz CT molecular complexity index is 424. The number of aliphatic carboxylic acids is 1. The van der Waals surface area contributed by atoms with Crippen LogP contribution in [0.25, 0.3) is 0 Å². The summed E-state index contributed by atoms with van der Waals surface area (Å²) in [7, 11) is 0. The number of likely N-dealkylation sites (tertiary alicyclic amines) is 1. The van der Waals surface area contributed by atoms with E-state index in [0.717, 1.165) is 36.5 Å². The summed E-state index contributed by atoms with van der Waals surface area (Å²) in [4.78, 5) is 13.2. The highest BCUT2D eigenvalue weighted by Gasteiger charge is 2.35. The monoisotopic (exact) mass is 237 g/mol. The fourth-order valence-electron chi connectivity index (χ4n) is 2.76. The van der Waals surface area contributed by atoms with Gasteiger partial charge in [0, 0.05) is 11.6 Å². The second-order valence-electron chi connectivity index (χ2n) is 4.78. The van der Waals surface area contributed by atoms with Crippen molar-refractivity contribution in [3.8, 4) is 0 Å². The summed E-state index contributed by atoms with van der Waals surface area (Å²) in [5.74, 6) is 1.06. The first kappa shape index (κ1) is 12.2. The van der Waals surface area contributed by atoms with Crippen LogP contribution >= 0.6 is 0 Å². The topological polar surface area (TPSA) is 53.7 Å². The Balaban J connectivity index is 2.22. The molecule has 94 valence electrons. The number of hydrogen-bond acceptors (Lipinski definition) is 3. The van der Waals surface area contributed by atoms with Crippen molar-refractivity contribution in [3.63, 3.8) is 0 Å². The Morgan fingerprint density at radius 1 is 1.59 bits per heavy atom. The van der Waals surface area contributed by atoms with E-state index in [9.17, 15) is 9.90 Å². The van der Waals surface area contributed by atoms with Gasteiger partial charge in [-0.05, 0) is 46.2 Å². The maximum Gasteiger partial charge on any atom is 0.320 e. The molecular formula is C13H19NO3. The molecule has 0 radical (unpaired) electrons. The van der Waals surface area contributed by atoms with Gasteiger partial charge < -0.3 is 9.52 Å². The summed E-state index contributed by atoms with van der Waals surface area (Å²) in [6.45, 7) is 6.76. The Morgan fingerprint density at radius 2 is 2.29 bits per heavy atom. The van der Waals surface area contributed by atoms with Gasteiger partial charge in [0.1, 0.15) is 17.6 Å². The standard InChI is InChI=1S/C13H19NO3/c1-8-7-11(10(3)17-8)9(2)14-6-4-5-12(14)13(15)16/h7,9,12H,4-6H2,1-3H3,(H,15,16). The molecule has 4 heteroatoms. The van der Waals surface area contributed by atoms with Crippen molar-refractivity contribution < 1.29 is 14.3 Å². The minimum atomic E-state index is -0.716. The molecule has 1 fully saturated rings. The Labute approximate surface area is 101 Å². The van der Waals surface area contributed by atoms with Crippen molar-refractivity contribution in [1.29, 1.82) is 0 Å². The molecule has 0 bridgehead atoms. The Hall–Kier alpha value is -1.29. The first-order valence-corrected chi connectivity index (χ1v) is 6.06. The summed E-state index contributed by atoms with van der Waals surface area (Å²) < 4.78 is 5.52. The molecule has 1 aliphatic heterocycles. The third-order valence-corrected chi connectivity index (χ3v) is 3.61. The zero-order valence-corrected chi connectivity index (χ0v) is 10.6. The summed E-state index contributed by atoms with van der Waals surface area (Å²) in [5, 5.41) is 9.19. The van der Waals surface area contributed by atoms with Crippen LogP contribution in [0.1, 0.15) is 42.9 Å². The molecule has 4 nitrogen and oxygen atoms in total. The van der Waals surface area contributed by atoms with Gasteiger partial charge in [-0.3, -0.25) is 9.69 Å². The highest BCUT2D eigenvalue weighted by molar-refractivity contribution is 5.73. The predicted octanol–water partition coefficient (Wildman–Crippen LogP) is 2.51. The van der Waals surface area contributed by atoms with Crippen molar-refractivity contribution in [2.45, 2.75) is 45.7 Å². The molecule has 2 heterocycles. The molecular weight excluding hydrogens is 218 g/mol. The van der Waals surface area contributed by atoms with Crippen molar-refractivity contribution in [2.24, 2.45) is 0 Å². The minimum absolute atomic E-state index is 0.107. The van der Waals surface area contributed by atoms with E-state index in [1.165, 1.54) is 0 Å². The lowest BCUT2D eigenvalue weighted by molar-refractivity contribution is -0.142. The van der Waals surface area contributed by atoms with E-state index in [-0.39, 0.29) is 12.1 Å². The number of furan rings is 1. The van der Waals surface area contributed by atoms with Gasteiger partial charge in [0.25, 0.3) is 0 Å². The van der Waals surface area contributed by atoms with E-state index in [0.29, 0.717) is 0 Å². The van der Waals surface area contributed by atoms with Gasteiger partial charge in [-0.15, -0.1) is 0 Å². The highest BCUT2D eigenvalue weighted by Crippen LogP contribution is 2.32. The van der Waals surface area contributed by atoms with E-state index in [1.54, 1.807) is 0 Å². The fraction of sp³-hybridized carbons (Fsp3) is 0.615. The minimum Gasteiger partial charge on any atom is -0.480 e. The first-order valence-electron chi connectivity index (χ1n) is 6.06. The number of aryl methyl sites for hydroxylation is 2. The first-order chi connectivity index (χ1) is 8.00. The number of hydrogen-bond donors (Lipinski definition) is 1. The van der Waals surface area contributed by atoms with Crippen LogP contribution in [-0.4, -0.2) is 28.6 Å². The normalized spacial score (nSPS) is 22.9. The molecule has 0 spiro atoms. The SMILES string of the molecule is Cc1cc(C(C)N2CCCC2C(=O)O)c(C)o1. The Morgan fingerprint density at radius 3 is 2.82 bits per heavy atom. The van der Waals surface area contributed by atoms with Crippen LogP contribution in [0.15, 0.2) is 10.5 Å². The predicted molar refractivity (Wildman–Crippen MR) is 64.0 cm³/mol. The number of carboxylic acids is 1. The molecule has 1 N–H and O–H groups in total. The van der Waals surface area contributed by atoms with Crippen LogP contribution in [0.2, 0.25) is 0 Å². The number of carbonyl (C=O) groups is 1. The quantitative estimate of drug-likeness (QED) is 0.877. The maximum atomic E-state index is 11.2. The van der Waals surface area contributed by atoms with E-state index >= 15 is 0 Å². The van der Waals surface area contributed by atoms with Gasteiger partial charge in [0.2, 0.25) is 0 Å². The van der Waals surface area contributed by atoms with Crippen molar-refractivity contribution in [3.05, 3.63) is 23.2 Å². The van der Waals surface area contributed by atoms with E-state index in [2.05, 4.69) is 11.8 Å². The molecule has 0 amide bonds. The number of nitrogens with zero attached hydrogens (tertiary/aromatic N) is 1. The summed E-state index contributed by atoms with van der Waals surface area (Å²) in [5.41, 5.74) is 1.11. The molecule has 2 unspecified atom stereocenters. The zero-order valence-electron chi connectivity index (χ0n) is 10.6. The van der Waals surface area contributed by atoms with Gasteiger partial charge >= 0.3 is 5.97 Å². The molecule has 1 aromatic rings. The van der Waals surface area contributed by atoms with Gasteiger partial charge in [0.15, 0.2) is 0 Å². The van der Waals surface area contributed by atoms with E-state index in [1.807, 2.05) is 19.9 Å². The van der Waals surface area contributed by atoms with Crippen molar-refractivity contribution >= 4 is 5.97 Å². The average molecular weight is 237 g/mol. The lowest BCUT2D eigenvalue weighted by atomic mass is 10.1. The maximum absolute atomic E-state index is 11.2. The number of carboxylic acid groups (broad SMARTS) is 1. The molecule has 2 rings (SSSR count). The van der Waals surface area contributed by atoms with Gasteiger partial charge in [-0.2, -0.15) is 0 Å². The summed E-state index contributed by atoms with van der Waals surface area (Å²) in [6, 6.07) is 1.77. The molecule has 0 aliphatic carbocycles. The van der Waals surface area contributed by atoms with Crippen LogP contribution in [0.3, 0.4) is 0 Å². The molecule has 1 aliphatic rings. The van der Waals surface area contributed by atoms with Gasteiger partial charge in [-0.25, -0.2) is 0 Å². The Kier molecular flexibility index (Phi) is 3.24. The fourth-order valence-corrected chi connectivity index (χ4v) is 2.76. The van der Waals surface area contributed by atoms with Gasteiger partial charge in [-0.1, -0.05) is 0 Å². The van der Waals surface area contributed by atoms with Gasteiger partial charge in [0.05, 0.1) is 0 Å². The zero-order chi connectivity index (χ0) is 12.6. The van der Waals surface area contributed by atoms with Crippen molar-refractivity contribution in [2.75, 3.05) is 6.54 Å². The molecule has 17 heavy (non-hydrogen) atoms. The lowest BCUT2D eigenvalue weighted by Gasteiger charge is -2.27. The molecule has 2 atom stereocenters. The molecule has 1 saturated heterocycles. The molecule has 0 saturated carbocycles. The van der Waals surface area contributed by atoms with E-state index in [4.69, 9.17) is 4.42 Å². The smallest absolute Gasteiger partial charge is 0.320 e. The third kappa shape index (κ3) is 2.22. The summed E-state index contributed by atoms with van der Waals surface area (Å²) >= 11 is 0. The van der Waals surface area contributed by atoms with Crippen LogP contribution in [0.5, 0.6) is 0 Å². The summed E-state index contributed by atoms with van der Waals surface area (Å²) in [6.07, 6.45) is 1.70. The molecule has 1 aromatic heterocycles. The van der Waals surface area contributed by atoms with Crippen molar-refractivity contribution in [1.82, 2.24) is 4.90 Å². The average Bonchev–Trinajstić information content (AvgIpc) is 2.83. The van der Waals surface area contributed by atoms with Crippen LogP contribution in [0, 0.1) is 13.8 Å². The largest absolute Gasteiger partial charge is 0.480 e.